The largest absolute Gasteiger partial charge is 0.497 e. The number of methoxy groups -OCH3 is 1. The van der Waals surface area contributed by atoms with Gasteiger partial charge in [0.15, 0.2) is 0 Å². The van der Waals surface area contributed by atoms with Gasteiger partial charge in [-0.25, -0.2) is 4.79 Å². The molecule has 8 heteroatoms. The minimum absolute atomic E-state index is 0.0649. The van der Waals surface area contributed by atoms with E-state index in [1.165, 1.54) is 0 Å². The Hall–Kier alpha value is -2.25. The minimum atomic E-state index is -0.229. The molecule has 1 fully saturated rings. The van der Waals surface area contributed by atoms with Crippen LogP contribution in [0.5, 0.6) is 5.75 Å². The Kier molecular flexibility index (Phi) is 6.23. The number of urea groups is 1. The lowest BCUT2D eigenvalue weighted by Gasteiger charge is -2.34. The van der Waals surface area contributed by atoms with E-state index in [0.29, 0.717) is 48.2 Å². The second-order valence-corrected chi connectivity index (χ2v) is 7.39. The average Bonchev–Trinajstić information content (AvgIpc) is 2.69. The zero-order valence-electron chi connectivity index (χ0n) is 14.7. The van der Waals surface area contributed by atoms with Crippen LogP contribution in [-0.4, -0.2) is 55.0 Å². The molecule has 27 heavy (non-hydrogen) atoms. The predicted octanol–water partition coefficient (Wildman–Crippen LogP) is 4.10. The van der Waals surface area contributed by atoms with Gasteiger partial charge in [-0.15, -0.1) is 0 Å². The Bertz CT molecular complexity index is 854. The van der Waals surface area contributed by atoms with Crippen molar-refractivity contribution in [2.45, 2.75) is 0 Å². The van der Waals surface area contributed by atoms with Gasteiger partial charge in [0.1, 0.15) is 5.75 Å². The number of anilines is 1. The summed E-state index contributed by atoms with van der Waals surface area (Å²) in [6.45, 7) is 1.85. The zero-order valence-corrected chi connectivity index (χ0v) is 17.1. The van der Waals surface area contributed by atoms with Crippen molar-refractivity contribution in [3.63, 3.8) is 0 Å². The Labute approximate surface area is 171 Å². The molecule has 1 heterocycles. The van der Waals surface area contributed by atoms with Crippen LogP contribution in [0.3, 0.4) is 0 Å². The molecule has 3 rings (SSSR count). The molecule has 0 unspecified atom stereocenters. The van der Waals surface area contributed by atoms with E-state index in [1.54, 1.807) is 53.3 Å². The normalized spacial score (nSPS) is 14.0. The van der Waals surface area contributed by atoms with Gasteiger partial charge < -0.3 is 19.9 Å². The fourth-order valence-corrected chi connectivity index (χ4v) is 3.56. The summed E-state index contributed by atoms with van der Waals surface area (Å²) in [5, 5.41) is 3.27. The molecule has 3 amide bonds. The molecule has 0 saturated carbocycles. The standard InChI is InChI=1S/C19H19BrClN3O3/c1-27-15-4-2-3-13(11-15)18(25)23-7-9-24(10-8-23)19(26)22-17-6-5-14(20)12-16(17)21/h2-6,11-12H,7-10H2,1H3,(H,22,26). The lowest BCUT2D eigenvalue weighted by molar-refractivity contribution is 0.0671. The smallest absolute Gasteiger partial charge is 0.322 e. The molecule has 142 valence electrons. The highest BCUT2D eigenvalue weighted by Crippen LogP contribution is 2.26. The van der Waals surface area contributed by atoms with Gasteiger partial charge in [-0.05, 0) is 36.4 Å². The van der Waals surface area contributed by atoms with Crippen LogP contribution in [-0.2, 0) is 0 Å². The molecule has 2 aromatic carbocycles. The van der Waals surface area contributed by atoms with Gasteiger partial charge in [0.05, 0.1) is 17.8 Å². The highest BCUT2D eigenvalue weighted by atomic mass is 79.9. The van der Waals surface area contributed by atoms with Crippen LogP contribution in [0, 0.1) is 0 Å². The number of hydrogen-bond donors (Lipinski definition) is 1. The number of carbonyl (C=O) groups excluding carboxylic acids is 2. The number of hydrogen-bond acceptors (Lipinski definition) is 3. The van der Waals surface area contributed by atoms with Gasteiger partial charge in [-0.1, -0.05) is 33.6 Å². The second-order valence-electron chi connectivity index (χ2n) is 6.07. The van der Waals surface area contributed by atoms with E-state index in [9.17, 15) is 9.59 Å². The monoisotopic (exact) mass is 451 g/mol. The molecule has 0 aliphatic carbocycles. The average molecular weight is 453 g/mol. The number of nitrogens with zero attached hydrogens (tertiary/aromatic N) is 2. The van der Waals surface area contributed by atoms with Crippen molar-refractivity contribution in [2.24, 2.45) is 0 Å². The van der Waals surface area contributed by atoms with Gasteiger partial charge in [-0.3, -0.25) is 4.79 Å². The number of amides is 3. The highest BCUT2D eigenvalue weighted by Gasteiger charge is 2.25. The summed E-state index contributed by atoms with van der Waals surface area (Å²) in [5.74, 6) is 0.579. The summed E-state index contributed by atoms with van der Waals surface area (Å²) in [4.78, 5) is 28.5. The van der Waals surface area contributed by atoms with E-state index in [0.717, 1.165) is 4.47 Å². The van der Waals surface area contributed by atoms with Crippen LogP contribution in [0.2, 0.25) is 5.02 Å². The first kappa shape index (κ1) is 19.5. The minimum Gasteiger partial charge on any atom is -0.497 e. The van der Waals surface area contributed by atoms with E-state index in [4.69, 9.17) is 16.3 Å². The fraction of sp³-hybridized carbons (Fsp3) is 0.263. The van der Waals surface area contributed by atoms with Gasteiger partial charge >= 0.3 is 6.03 Å². The fourth-order valence-electron chi connectivity index (χ4n) is 2.84. The number of carbonyl (C=O) groups is 2. The summed E-state index contributed by atoms with van der Waals surface area (Å²) in [6.07, 6.45) is 0. The van der Waals surface area contributed by atoms with Crippen LogP contribution >= 0.6 is 27.5 Å². The molecule has 1 aliphatic heterocycles. The van der Waals surface area contributed by atoms with Gasteiger partial charge in [0, 0.05) is 36.2 Å². The van der Waals surface area contributed by atoms with Crippen LogP contribution in [0.25, 0.3) is 0 Å². The van der Waals surface area contributed by atoms with E-state index < -0.39 is 0 Å². The van der Waals surface area contributed by atoms with Crippen molar-refractivity contribution >= 4 is 45.2 Å². The highest BCUT2D eigenvalue weighted by molar-refractivity contribution is 9.10. The molecule has 0 spiro atoms. The number of benzene rings is 2. The van der Waals surface area contributed by atoms with E-state index in [1.807, 2.05) is 6.07 Å². The molecule has 1 N–H and O–H groups in total. The molecule has 1 saturated heterocycles. The summed E-state index contributed by atoms with van der Waals surface area (Å²) in [7, 11) is 1.57. The maximum absolute atomic E-state index is 12.6. The van der Waals surface area contributed by atoms with Crippen molar-refractivity contribution in [2.75, 3.05) is 38.6 Å². The molecule has 0 bridgehead atoms. The third kappa shape index (κ3) is 4.73. The summed E-state index contributed by atoms with van der Waals surface area (Å²) < 4.78 is 6.01. The first-order valence-corrected chi connectivity index (χ1v) is 9.59. The van der Waals surface area contributed by atoms with Crippen molar-refractivity contribution < 1.29 is 14.3 Å². The van der Waals surface area contributed by atoms with Crippen molar-refractivity contribution in [3.05, 3.63) is 57.5 Å². The quantitative estimate of drug-likeness (QED) is 0.763. The molecule has 2 aromatic rings. The Morgan fingerprint density at radius 1 is 1.07 bits per heavy atom. The molecular weight excluding hydrogens is 434 g/mol. The topological polar surface area (TPSA) is 61.9 Å². The third-order valence-corrected chi connectivity index (χ3v) is 5.15. The number of rotatable bonds is 3. The van der Waals surface area contributed by atoms with E-state index in [2.05, 4.69) is 21.2 Å². The molecule has 0 aromatic heterocycles. The zero-order chi connectivity index (χ0) is 19.4. The maximum Gasteiger partial charge on any atom is 0.322 e. The summed E-state index contributed by atoms with van der Waals surface area (Å²) >= 11 is 9.48. The van der Waals surface area contributed by atoms with Gasteiger partial charge in [0.2, 0.25) is 0 Å². The molecule has 0 radical (unpaired) electrons. The van der Waals surface area contributed by atoms with Crippen LogP contribution in [0.15, 0.2) is 46.9 Å². The molecule has 1 aliphatic rings. The second kappa shape index (κ2) is 8.63. The Morgan fingerprint density at radius 3 is 2.44 bits per heavy atom. The van der Waals surface area contributed by atoms with Crippen LogP contribution in [0.1, 0.15) is 10.4 Å². The molecule has 6 nitrogen and oxygen atoms in total. The number of ether oxygens (including phenoxy) is 1. The van der Waals surface area contributed by atoms with Crippen molar-refractivity contribution in [1.82, 2.24) is 9.80 Å². The first-order chi connectivity index (χ1) is 13.0. The van der Waals surface area contributed by atoms with E-state index in [-0.39, 0.29) is 11.9 Å². The Morgan fingerprint density at radius 2 is 1.78 bits per heavy atom. The van der Waals surface area contributed by atoms with E-state index >= 15 is 0 Å². The van der Waals surface area contributed by atoms with Crippen molar-refractivity contribution in [3.8, 4) is 5.75 Å². The third-order valence-electron chi connectivity index (χ3n) is 4.34. The number of halogens is 2. The van der Waals surface area contributed by atoms with Gasteiger partial charge in [-0.2, -0.15) is 0 Å². The van der Waals surface area contributed by atoms with Gasteiger partial charge in [0.25, 0.3) is 5.91 Å². The molecular formula is C19H19BrClN3O3. The summed E-state index contributed by atoms with van der Waals surface area (Å²) in [6, 6.07) is 12.1. The SMILES string of the molecule is COc1cccc(C(=O)N2CCN(C(=O)Nc3ccc(Br)cc3Cl)CC2)c1. The number of piperazine rings is 1. The lowest BCUT2D eigenvalue weighted by atomic mass is 10.1. The van der Waals surface area contributed by atoms with Crippen LogP contribution < -0.4 is 10.1 Å². The van der Waals surface area contributed by atoms with Crippen molar-refractivity contribution in [1.29, 1.82) is 0 Å². The van der Waals surface area contributed by atoms with Crippen LogP contribution in [0.4, 0.5) is 10.5 Å². The Balaban J connectivity index is 1.57. The summed E-state index contributed by atoms with van der Waals surface area (Å²) in [5.41, 5.74) is 1.13. The lowest BCUT2D eigenvalue weighted by Crippen LogP contribution is -2.51. The maximum atomic E-state index is 12.6. The molecule has 0 atom stereocenters. The predicted molar refractivity (Wildman–Crippen MR) is 109 cm³/mol. The number of nitrogens with one attached hydrogen (secondary N) is 1. The first-order valence-electron chi connectivity index (χ1n) is 8.42.